The Labute approximate surface area is 166 Å². The fourth-order valence-electron chi connectivity index (χ4n) is 3.56. The summed E-state index contributed by atoms with van der Waals surface area (Å²) in [4.78, 5) is 14.6. The fourth-order valence-corrected chi connectivity index (χ4v) is 3.56. The smallest absolute Gasteiger partial charge is 0.114 e. The molecule has 0 N–H and O–H groups in total. The molecule has 0 amide bonds. The molecule has 28 heavy (non-hydrogen) atoms. The van der Waals surface area contributed by atoms with E-state index in [1.54, 1.807) is 0 Å². The number of likely N-dealkylation sites (N-methyl/N-ethyl adjacent to an activating group) is 1. The molecule has 146 valence electrons. The van der Waals surface area contributed by atoms with Gasteiger partial charge >= 0.3 is 0 Å². The van der Waals surface area contributed by atoms with Crippen LogP contribution < -0.4 is 4.90 Å². The number of benzene rings is 2. The van der Waals surface area contributed by atoms with E-state index in [9.17, 15) is 0 Å². The van der Waals surface area contributed by atoms with E-state index in [0.717, 1.165) is 54.2 Å². The van der Waals surface area contributed by atoms with Gasteiger partial charge in [0.25, 0.3) is 0 Å². The van der Waals surface area contributed by atoms with E-state index in [-0.39, 0.29) is 0 Å². The van der Waals surface area contributed by atoms with Crippen LogP contribution in [0.3, 0.4) is 0 Å². The lowest BCUT2D eigenvalue weighted by Gasteiger charge is -2.34. The lowest BCUT2D eigenvalue weighted by atomic mass is 10.1. The normalized spacial score (nSPS) is 16.0. The van der Waals surface area contributed by atoms with Gasteiger partial charge in [0, 0.05) is 43.1 Å². The molecule has 1 aliphatic heterocycles. The molecular weight excluding hydrogens is 350 g/mol. The van der Waals surface area contributed by atoms with Crippen molar-refractivity contribution in [3.8, 4) is 5.69 Å². The zero-order valence-electron chi connectivity index (χ0n) is 16.8. The summed E-state index contributed by atoms with van der Waals surface area (Å²) < 4.78 is 2.15. The lowest BCUT2D eigenvalue weighted by molar-refractivity contribution is 0.159. The van der Waals surface area contributed by atoms with Crippen molar-refractivity contribution >= 4 is 22.4 Å². The molecular formula is C22H27N5O. The van der Waals surface area contributed by atoms with Crippen molar-refractivity contribution in [3.63, 3.8) is 0 Å². The molecule has 0 saturated carbocycles. The quantitative estimate of drug-likeness (QED) is 0.504. The van der Waals surface area contributed by atoms with Crippen LogP contribution in [0.15, 0.2) is 53.9 Å². The predicted octanol–water partition coefficient (Wildman–Crippen LogP) is 3.54. The van der Waals surface area contributed by atoms with Crippen molar-refractivity contribution < 1.29 is 4.84 Å². The summed E-state index contributed by atoms with van der Waals surface area (Å²) in [6.07, 6.45) is 1.90. The number of anilines is 1. The Morgan fingerprint density at radius 3 is 2.64 bits per heavy atom. The number of nitrogens with zero attached hydrogens (tertiary/aromatic N) is 5. The Bertz CT molecular complexity index is 986. The van der Waals surface area contributed by atoms with Crippen LogP contribution in [0.5, 0.6) is 0 Å². The van der Waals surface area contributed by atoms with Gasteiger partial charge in [-0.2, -0.15) is 0 Å². The minimum atomic E-state index is 0.567. The van der Waals surface area contributed by atoms with Gasteiger partial charge in [-0.15, -0.1) is 0 Å². The Morgan fingerprint density at radius 1 is 1.07 bits per heavy atom. The van der Waals surface area contributed by atoms with Crippen LogP contribution in [-0.2, 0) is 4.84 Å². The average molecular weight is 377 g/mol. The molecule has 3 aromatic rings. The molecule has 4 rings (SSSR count). The third kappa shape index (κ3) is 3.73. The lowest BCUT2D eigenvalue weighted by Crippen LogP contribution is -2.44. The number of oxime groups is 1. The van der Waals surface area contributed by atoms with Crippen LogP contribution in [0.2, 0.25) is 0 Å². The first-order valence-corrected chi connectivity index (χ1v) is 9.83. The number of hydrogen-bond donors (Lipinski definition) is 0. The highest BCUT2D eigenvalue weighted by Gasteiger charge is 2.15. The van der Waals surface area contributed by atoms with Crippen LogP contribution in [0.1, 0.15) is 19.4 Å². The van der Waals surface area contributed by atoms with Gasteiger partial charge in [-0.25, -0.2) is 4.98 Å². The summed E-state index contributed by atoms with van der Waals surface area (Å²) in [5.74, 6) is 0. The highest BCUT2D eigenvalue weighted by atomic mass is 16.6. The second-order valence-corrected chi connectivity index (χ2v) is 7.22. The van der Waals surface area contributed by atoms with E-state index in [1.807, 2.05) is 20.2 Å². The number of hydrogen-bond acceptors (Lipinski definition) is 5. The van der Waals surface area contributed by atoms with Gasteiger partial charge in [0.1, 0.15) is 12.9 Å². The maximum atomic E-state index is 5.17. The molecule has 0 atom stereocenters. The molecule has 6 heteroatoms. The van der Waals surface area contributed by atoms with Crippen molar-refractivity contribution in [3.05, 3.63) is 54.4 Å². The van der Waals surface area contributed by atoms with Gasteiger partial charge < -0.3 is 14.6 Å². The molecule has 2 heterocycles. The largest absolute Gasteiger partial charge is 0.396 e. The van der Waals surface area contributed by atoms with Gasteiger partial charge in [0.15, 0.2) is 0 Å². The fraction of sp³-hybridized carbons (Fsp3) is 0.364. The predicted molar refractivity (Wildman–Crippen MR) is 115 cm³/mol. The monoisotopic (exact) mass is 377 g/mol. The maximum Gasteiger partial charge on any atom is 0.114 e. The zero-order chi connectivity index (χ0) is 19.5. The summed E-state index contributed by atoms with van der Waals surface area (Å²) in [5.41, 5.74) is 6.32. The summed E-state index contributed by atoms with van der Waals surface area (Å²) >= 11 is 0. The Hall–Kier alpha value is -2.86. The van der Waals surface area contributed by atoms with Crippen LogP contribution in [0, 0.1) is 0 Å². The molecule has 6 nitrogen and oxygen atoms in total. The second-order valence-electron chi connectivity index (χ2n) is 7.22. The van der Waals surface area contributed by atoms with Gasteiger partial charge in [0.05, 0.1) is 16.7 Å². The van der Waals surface area contributed by atoms with E-state index >= 15 is 0 Å². The van der Waals surface area contributed by atoms with Crippen molar-refractivity contribution in [1.82, 2.24) is 14.5 Å². The number of imidazole rings is 1. The van der Waals surface area contributed by atoms with Crippen molar-refractivity contribution in [2.75, 3.05) is 44.7 Å². The van der Waals surface area contributed by atoms with E-state index in [4.69, 9.17) is 4.84 Å². The standard InChI is InChI=1S/C22H27N5O/c1-4-28-24-17(2)18-8-9-22-21(14-18)23-16-27(22)20-7-5-6-19(15-20)26-12-10-25(3)11-13-26/h5-9,14-16H,4,10-13H2,1-3H3. The topological polar surface area (TPSA) is 45.9 Å². The van der Waals surface area contributed by atoms with E-state index in [2.05, 4.69) is 74.0 Å². The van der Waals surface area contributed by atoms with Crippen molar-refractivity contribution in [2.24, 2.45) is 5.16 Å². The average Bonchev–Trinajstić information content (AvgIpc) is 3.16. The first-order valence-electron chi connectivity index (χ1n) is 9.83. The third-order valence-electron chi connectivity index (χ3n) is 5.27. The molecule has 0 bridgehead atoms. The molecule has 0 spiro atoms. The van der Waals surface area contributed by atoms with Crippen LogP contribution in [-0.4, -0.2) is 60.0 Å². The van der Waals surface area contributed by atoms with Crippen LogP contribution in [0.25, 0.3) is 16.7 Å². The van der Waals surface area contributed by atoms with Crippen molar-refractivity contribution in [1.29, 1.82) is 0 Å². The van der Waals surface area contributed by atoms with E-state index < -0.39 is 0 Å². The number of fused-ring (bicyclic) bond motifs is 1. The first-order chi connectivity index (χ1) is 13.7. The van der Waals surface area contributed by atoms with Crippen LogP contribution >= 0.6 is 0 Å². The van der Waals surface area contributed by atoms with Gasteiger partial charge in [0.2, 0.25) is 0 Å². The van der Waals surface area contributed by atoms with Gasteiger partial charge in [-0.3, -0.25) is 4.57 Å². The maximum absolute atomic E-state index is 5.17. The van der Waals surface area contributed by atoms with Crippen LogP contribution in [0.4, 0.5) is 5.69 Å². The molecule has 2 aromatic carbocycles. The Balaban J connectivity index is 1.63. The minimum Gasteiger partial charge on any atom is -0.396 e. The third-order valence-corrected chi connectivity index (χ3v) is 5.27. The number of piperazine rings is 1. The summed E-state index contributed by atoms with van der Waals surface area (Å²) in [5, 5.41) is 4.13. The summed E-state index contributed by atoms with van der Waals surface area (Å²) in [6, 6.07) is 14.9. The highest BCUT2D eigenvalue weighted by molar-refractivity contribution is 6.00. The highest BCUT2D eigenvalue weighted by Crippen LogP contribution is 2.24. The summed E-state index contributed by atoms with van der Waals surface area (Å²) in [7, 11) is 2.18. The molecule has 1 saturated heterocycles. The zero-order valence-corrected chi connectivity index (χ0v) is 16.8. The SMILES string of the molecule is CCON=C(C)c1ccc2c(c1)ncn2-c1cccc(N2CCN(C)CC2)c1. The molecule has 0 aliphatic carbocycles. The van der Waals surface area contributed by atoms with Crippen molar-refractivity contribution in [2.45, 2.75) is 13.8 Å². The molecule has 0 radical (unpaired) electrons. The molecule has 1 aliphatic rings. The molecule has 1 fully saturated rings. The van der Waals surface area contributed by atoms with Gasteiger partial charge in [-0.05, 0) is 51.2 Å². The van der Waals surface area contributed by atoms with E-state index in [1.165, 1.54) is 5.69 Å². The minimum absolute atomic E-state index is 0.567. The number of aromatic nitrogens is 2. The molecule has 1 aromatic heterocycles. The Morgan fingerprint density at radius 2 is 1.86 bits per heavy atom. The number of rotatable bonds is 5. The van der Waals surface area contributed by atoms with E-state index in [0.29, 0.717) is 6.61 Å². The first kappa shape index (κ1) is 18.5. The van der Waals surface area contributed by atoms with Gasteiger partial charge in [-0.1, -0.05) is 17.3 Å². The second kappa shape index (κ2) is 8.02. The molecule has 0 unspecified atom stereocenters. The Kier molecular flexibility index (Phi) is 5.30. The summed E-state index contributed by atoms with van der Waals surface area (Å²) in [6.45, 7) is 8.77.